The second kappa shape index (κ2) is 16.3. The number of aliphatic carboxylic acids is 1. The number of benzene rings is 1. The van der Waals surface area contributed by atoms with Gasteiger partial charge in [-0.1, -0.05) is 89.0 Å². The van der Waals surface area contributed by atoms with Gasteiger partial charge in [0.25, 0.3) is 0 Å². The second-order valence-electron chi connectivity index (χ2n) is 10.1. The minimum Gasteiger partial charge on any atom is -0.478 e. The van der Waals surface area contributed by atoms with E-state index in [1.165, 1.54) is 69.8 Å². The van der Waals surface area contributed by atoms with Gasteiger partial charge in [-0.15, -0.1) is 33.2 Å². The lowest BCUT2D eigenvalue weighted by Gasteiger charge is -2.29. The molecule has 0 saturated heterocycles. The van der Waals surface area contributed by atoms with E-state index in [9.17, 15) is 9.90 Å². The molecule has 0 aliphatic heterocycles. The van der Waals surface area contributed by atoms with Crippen LogP contribution in [0.4, 0.5) is 0 Å². The topological polar surface area (TPSA) is 37.3 Å². The van der Waals surface area contributed by atoms with Crippen molar-refractivity contribution >= 4 is 51.3 Å². The molecule has 0 heterocycles. The molecule has 0 radical (unpaired) electrons. The SMILES string of the molecule is CCCCCCCC1CCC(c2ccc(/C=C(\CCCCCC[Si](Cl)(Cl)Cl)C(=O)O)cc2)CC1. The summed E-state index contributed by atoms with van der Waals surface area (Å²) in [6.07, 6.45) is 19.7. The average Bonchev–Trinajstić information content (AvgIpc) is 2.80. The standard InChI is InChI=1S/C28H43Cl3O2Si/c1-2-3-4-5-8-11-23-13-17-25(18-14-23)26-19-15-24(16-20-26)22-27(28(32)33)12-9-6-7-10-21-34(29,30)31/h15-16,19-20,22-23,25H,2-14,17-18,21H2,1H3,(H,32,33)/b27-22+. The molecular weight excluding hydrogens is 503 g/mol. The van der Waals surface area contributed by atoms with Gasteiger partial charge in [-0.25, -0.2) is 4.79 Å². The molecule has 0 spiro atoms. The molecule has 2 rings (SSSR count). The maximum atomic E-state index is 11.7. The first-order chi connectivity index (χ1) is 16.3. The van der Waals surface area contributed by atoms with Crippen LogP contribution in [-0.4, -0.2) is 17.1 Å². The third-order valence-corrected chi connectivity index (χ3v) is 9.86. The Morgan fingerprint density at radius 2 is 1.53 bits per heavy atom. The van der Waals surface area contributed by atoms with Crippen molar-refractivity contribution < 1.29 is 9.90 Å². The zero-order valence-electron chi connectivity index (χ0n) is 20.8. The van der Waals surface area contributed by atoms with E-state index in [-0.39, 0.29) is 0 Å². The van der Waals surface area contributed by atoms with E-state index < -0.39 is 12.0 Å². The Morgan fingerprint density at radius 3 is 2.15 bits per heavy atom. The molecule has 192 valence electrons. The molecule has 6 heteroatoms. The molecule has 2 nitrogen and oxygen atoms in total. The van der Waals surface area contributed by atoms with E-state index in [1.54, 1.807) is 0 Å². The lowest BCUT2D eigenvalue weighted by Crippen LogP contribution is -2.13. The van der Waals surface area contributed by atoms with Crippen LogP contribution in [0.5, 0.6) is 0 Å². The highest BCUT2D eigenvalue weighted by atomic mass is 35.8. The Bertz CT molecular complexity index is 735. The number of unbranched alkanes of at least 4 members (excludes halogenated alkanes) is 7. The van der Waals surface area contributed by atoms with Crippen LogP contribution in [0.25, 0.3) is 6.08 Å². The van der Waals surface area contributed by atoms with Crippen molar-refractivity contribution in [3.8, 4) is 0 Å². The van der Waals surface area contributed by atoms with Gasteiger partial charge in [0, 0.05) is 5.57 Å². The minimum absolute atomic E-state index is 0.475. The number of carboxylic acid groups (broad SMARTS) is 1. The van der Waals surface area contributed by atoms with Gasteiger partial charge >= 0.3 is 12.0 Å². The zero-order chi connectivity index (χ0) is 24.8. The van der Waals surface area contributed by atoms with Crippen LogP contribution in [0.3, 0.4) is 0 Å². The van der Waals surface area contributed by atoms with E-state index in [4.69, 9.17) is 33.2 Å². The Hall–Kier alpha value is -0.483. The van der Waals surface area contributed by atoms with Crippen LogP contribution >= 0.6 is 33.2 Å². The fourth-order valence-corrected chi connectivity index (χ4v) is 6.98. The van der Waals surface area contributed by atoms with Crippen molar-refractivity contribution in [3.63, 3.8) is 0 Å². The molecule has 1 N–H and O–H groups in total. The van der Waals surface area contributed by atoms with Crippen molar-refractivity contribution in [2.24, 2.45) is 5.92 Å². The number of halogens is 3. The molecule has 34 heavy (non-hydrogen) atoms. The maximum Gasteiger partial charge on any atom is 0.341 e. The lowest BCUT2D eigenvalue weighted by atomic mass is 9.77. The molecular formula is C28H43Cl3O2Si. The highest BCUT2D eigenvalue weighted by Crippen LogP contribution is 2.38. The van der Waals surface area contributed by atoms with Crippen LogP contribution in [-0.2, 0) is 4.79 Å². The predicted molar refractivity (Wildman–Crippen MR) is 151 cm³/mol. The fourth-order valence-electron chi connectivity index (χ4n) is 5.12. The lowest BCUT2D eigenvalue weighted by molar-refractivity contribution is -0.132. The number of carbonyl (C=O) groups is 1. The first-order valence-corrected chi connectivity index (χ1v) is 18.6. The van der Waals surface area contributed by atoms with Gasteiger partial charge in [0.15, 0.2) is 0 Å². The summed E-state index contributed by atoms with van der Waals surface area (Å²) in [4.78, 5) is 11.7. The van der Waals surface area contributed by atoms with Crippen molar-refractivity contribution in [1.82, 2.24) is 0 Å². The summed E-state index contributed by atoms with van der Waals surface area (Å²) in [5.41, 5.74) is 2.86. The van der Waals surface area contributed by atoms with Crippen LogP contribution in [0.1, 0.15) is 120 Å². The van der Waals surface area contributed by atoms with Crippen LogP contribution < -0.4 is 0 Å². The summed E-state index contributed by atoms with van der Waals surface area (Å²) in [5, 5.41) is 9.62. The van der Waals surface area contributed by atoms with Gasteiger partial charge < -0.3 is 5.11 Å². The third kappa shape index (κ3) is 12.5. The first-order valence-electron chi connectivity index (χ1n) is 13.4. The van der Waals surface area contributed by atoms with Crippen molar-refractivity contribution in [3.05, 3.63) is 41.0 Å². The number of rotatable bonds is 16. The van der Waals surface area contributed by atoms with Gasteiger partial charge in [-0.05, 0) is 73.6 Å². The Balaban J connectivity index is 1.76. The Morgan fingerprint density at radius 1 is 0.912 bits per heavy atom. The van der Waals surface area contributed by atoms with Crippen molar-refractivity contribution in [2.75, 3.05) is 0 Å². The molecule has 0 amide bonds. The first kappa shape index (κ1) is 29.7. The molecule has 1 aliphatic carbocycles. The van der Waals surface area contributed by atoms with E-state index in [1.807, 2.05) is 6.08 Å². The number of hydrogen-bond acceptors (Lipinski definition) is 1. The fraction of sp³-hybridized carbons (Fsp3) is 0.679. The molecule has 0 atom stereocenters. The number of hydrogen-bond donors (Lipinski definition) is 1. The summed E-state index contributed by atoms with van der Waals surface area (Å²) in [6, 6.07) is 6.74. The second-order valence-corrected chi connectivity index (χ2v) is 19.4. The molecule has 0 unspecified atom stereocenters. The summed E-state index contributed by atoms with van der Waals surface area (Å²) in [6.45, 7) is 2.27. The summed E-state index contributed by atoms with van der Waals surface area (Å²) in [7, 11) is 0. The van der Waals surface area contributed by atoms with Gasteiger partial charge in [0.1, 0.15) is 0 Å². The van der Waals surface area contributed by atoms with Gasteiger partial charge in [0.2, 0.25) is 0 Å². The highest BCUT2D eigenvalue weighted by molar-refractivity contribution is 7.64. The van der Waals surface area contributed by atoms with Crippen LogP contribution in [0.2, 0.25) is 6.04 Å². The van der Waals surface area contributed by atoms with Gasteiger partial charge in [-0.2, -0.15) is 0 Å². The predicted octanol–water partition coefficient (Wildman–Crippen LogP) is 10.4. The van der Waals surface area contributed by atoms with E-state index in [0.29, 0.717) is 24.0 Å². The average molecular weight is 546 g/mol. The quantitative estimate of drug-likeness (QED) is 0.0970. The van der Waals surface area contributed by atoms with Gasteiger partial charge in [-0.3, -0.25) is 0 Å². The monoisotopic (exact) mass is 544 g/mol. The Kier molecular flexibility index (Phi) is 14.3. The third-order valence-electron chi connectivity index (χ3n) is 7.24. The van der Waals surface area contributed by atoms with Crippen LogP contribution in [0.15, 0.2) is 29.8 Å². The molecule has 1 aromatic rings. The van der Waals surface area contributed by atoms with Crippen LogP contribution in [0, 0.1) is 5.92 Å². The summed E-state index contributed by atoms with van der Waals surface area (Å²) < 4.78 is 0. The highest BCUT2D eigenvalue weighted by Gasteiger charge is 2.24. The molecule has 1 fully saturated rings. The molecule has 0 bridgehead atoms. The van der Waals surface area contributed by atoms with Crippen molar-refractivity contribution in [1.29, 1.82) is 0 Å². The number of carboxylic acids is 1. The zero-order valence-corrected chi connectivity index (χ0v) is 24.1. The molecule has 1 saturated carbocycles. The molecule has 1 aromatic carbocycles. The van der Waals surface area contributed by atoms with E-state index >= 15 is 0 Å². The molecule has 0 aromatic heterocycles. The summed E-state index contributed by atoms with van der Waals surface area (Å²) in [5.74, 6) is 0.748. The molecule has 1 aliphatic rings. The Labute approximate surface area is 222 Å². The van der Waals surface area contributed by atoms with Gasteiger partial charge in [0.05, 0.1) is 0 Å². The normalized spacial score (nSPS) is 19.4. The summed E-state index contributed by atoms with van der Waals surface area (Å²) >= 11 is 17.7. The van der Waals surface area contributed by atoms with Crippen molar-refractivity contribution in [2.45, 2.75) is 115 Å². The largest absolute Gasteiger partial charge is 0.478 e. The van der Waals surface area contributed by atoms with E-state index in [0.717, 1.165) is 37.2 Å². The minimum atomic E-state index is -2.53. The maximum absolute atomic E-state index is 11.7. The smallest absolute Gasteiger partial charge is 0.341 e. The van der Waals surface area contributed by atoms with E-state index in [2.05, 4.69) is 31.2 Å².